The van der Waals surface area contributed by atoms with Crippen molar-refractivity contribution in [2.45, 2.75) is 44.7 Å². The van der Waals surface area contributed by atoms with Crippen molar-refractivity contribution >= 4 is 11.6 Å². The van der Waals surface area contributed by atoms with Crippen LogP contribution in [0.25, 0.3) is 0 Å². The normalized spacial score (nSPS) is 25.4. The Morgan fingerprint density at radius 3 is 2.61 bits per heavy atom. The largest absolute Gasteiger partial charge is 0.306 e. The molecule has 1 N–H and O–H groups in total. The van der Waals surface area contributed by atoms with E-state index in [1.54, 1.807) is 0 Å². The second-order valence-electron chi connectivity index (χ2n) is 5.07. The lowest BCUT2D eigenvalue weighted by Gasteiger charge is -2.30. The van der Waals surface area contributed by atoms with Gasteiger partial charge in [0.15, 0.2) is 0 Å². The number of rotatable bonds is 3. The number of nitrogens with zero attached hydrogens (tertiary/aromatic N) is 1. The fraction of sp³-hybridized carbons (Fsp3) is 0.533. The zero-order chi connectivity index (χ0) is 13.0. The summed E-state index contributed by atoms with van der Waals surface area (Å²) in [7, 11) is 0. The molecule has 0 aliphatic heterocycles. The van der Waals surface area contributed by atoms with Gasteiger partial charge in [-0.25, -0.2) is 0 Å². The average Bonchev–Trinajstić information content (AvgIpc) is 2.40. The van der Waals surface area contributed by atoms with Gasteiger partial charge in [0.05, 0.1) is 12.0 Å². The van der Waals surface area contributed by atoms with Crippen molar-refractivity contribution in [2.75, 3.05) is 0 Å². The zero-order valence-electron chi connectivity index (χ0n) is 10.7. The van der Waals surface area contributed by atoms with E-state index in [0.717, 1.165) is 17.9 Å². The van der Waals surface area contributed by atoms with Gasteiger partial charge in [-0.2, -0.15) is 5.26 Å². The van der Waals surface area contributed by atoms with Crippen molar-refractivity contribution in [3.63, 3.8) is 0 Å². The van der Waals surface area contributed by atoms with E-state index < -0.39 is 0 Å². The van der Waals surface area contributed by atoms with Crippen LogP contribution in [-0.2, 0) is 0 Å². The molecule has 0 radical (unpaired) electrons. The molecule has 0 bridgehead atoms. The van der Waals surface area contributed by atoms with Crippen molar-refractivity contribution in [1.29, 1.82) is 5.26 Å². The predicted molar refractivity (Wildman–Crippen MR) is 74.4 cm³/mol. The lowest BCUT2D eigenvalue weighted by Crippen LogP contribution is -2.39. The number of hydrogen-bond acceptors (Lipinski definition) is 2. The van der Waals surface area contributed by atoms with Crippen molar-refractivity contribution in [3.05, 3.63) is 34.9 Å². The van der Waals surface area contributed by atoms with E-state index in [1.165, 1.54) is 18.4 Å². The van der Waals surface area contributed by atoms with Gasteiger partial charge < -0.3 is 5.32 Å². The quantitative estimate of drug-likeness (QED) is 0.891. The highest BCUT2D eigenvalue weighted by Gasteiger charge is 2.26. The Morgan fingerprint density at radius 2 is 1.94 bits per heavy atom. The molecule has 2 unspecified atom stereocenters. The van der Waals surface area contributed by atoms with Crippen molar-refractivity contribution in [2.24, 2.45) is 5.92 Å². The van der Waals surface area contributed by atoms with E-state index in [-0.39, 0.29) is 12.0 Å². The van der Waals surface area contributed by atoms with Crippen LogP contribution in [0.2, 0.25) is 5.02 Å². The van der Waals surface area contributed by atoms with E-state index in [2.05, 4.69) is 18.3 Å². The first-order valence-corrected chi connectivity index (χ1v) is 6.99. The van der Waals surface area contributed by atoms with Crippen molar-refractivity contribution in [3.8, 4) is 6.07 Å². The molecule has 0 aromatic heterocycles. The summed E-state index contributed by atoms with van der Waals surface area (Å²) < 4.78 is 0. The van der Waals surface area contributed by atoms with Crippen molar-refractivity contribution < 1.29 is 0 Å². The second kappa shape index (κ2) is 6.22. The third-order valence-corrected chi connectivity index (χ3v) is 4.02. The highest BCUT2D eigenvalue weighted by molar-refractivity contribution is 6.30. The molecule has 1 aromatic carbocycles. The number of nitrogens with one attached hydrogen (secondary N) is 1. The molecule has 1 fully saturated rings. The lowest BCUT2D eigenvalue weighted by molar-refractivity contribution is 0.292. The number of hydrogen-bond donors (Lipinski definition) is 1. The number of halogens is 1. The van der Waals surface area contributed by atoms with E-state index >= 15 is 0 Å². The molecule has 1 aromatic rings. The van der Waals surface area contributed by atoms with E-state index in [4.69, 9.17) is 11.6 Å². The Bertz CT molecular complexity index is 421. The zero-order valence-corrected chi connectivity index (χ0v) is 11.5. The molecular formula is C15H19ClN2. The SMILES string of the molecule is C[C@@H](NC1CCCCC1C#N)c1ccc(Cl)cc1. The summed E-state index contributed by atoms with van der Waals surface area (Å²) in [5.41, 5.74) is 1.22. The fourth-order valence-corrected chi connectivity index (χ4v) is 2.78. The smallest absolute Gasteiger partial charge is 0.0672 e. The van der Waals surface area contributed by atoms with Gasteiger partial charge in [-0.1, -0.05) is 36.6 Å². The minimum absolute atomic E-state index is 0.161. The van der Waals surface area contributed by atoms with Gasteiger partial charge in [0.2, 0.25) is 0 Å². The van der Waals surface area contributed by atoms with Crippen LogP contribution in [0, 0.1) is 17.2 Å². The Hall–Kier alpha value is -1.04. The van der Waals surface area contributed by atoms with Crippen LogP contribution < -0.4 is 5.32 Å². The molecule has 3 heteroatoms. The van der Waals surface area contributed by atoms with E-state index in [0.29, 0.717) is 6.04 Å². The molecule has 1 aliphatic rings. The molecule has 96 valence electrons. The van der Waals surface area contributed by atoms with E-state index in [1.807, 2.05) is 24.3 Å². The summed E-state index contributed by atoms with van der Waals surface area (Å²) in [6.45, 7) is 2.15. The summed E-state index contributed by atoms with van der Waals surface area (Å²) in [4.78, 5) is 0. The predicted octanol–water partition coefficient (Wildman–Crippen LogP) is 4.07. The molecule has 3 atom stereocenters. The van der Waals surface area contributed by atoms with Crippen molar-refractivity contribution in [1.82, 2.24) is 5.32 Å². The molecule has 18 heavy (non-hydrogen) atoms. The van der Waals surface area contributed by atoms with Gasteiger partial charge in [-0.15, -0.1) is 0 Å². The minimum Gasteiger partial charge on any atom is -0.306 e. The standard InChI is InChI=1S/C15H19ClN2/c1-11(12-6-8-14(16)9-7-12)18-15-5-3-2-4-13(15)10-17/h6-9,11,13,15,18H,2-5H2,1H3/t11-,13?,15?/m1/s1. The van der Waals surface area contributed by atoms with Gasteiger partial charge in [-0.3, -0.25) is 0 Å². The first-order valence-electron chi connectivity index (χ1n) is 6.62. The molecule has 2 nitrogen and oxygen atoms in total. The summed E-state index contributed by atoms with van der Waals surface area (Å²) in [5, 5.41) is 13.5. The van der Waals surface area contributed by atoms with E-state index in [9.17, 15) is 5.26 Å². The Balaban J connectivity index is 1.99. The van der Waals surface area contributed by atoms with Gasteiger partial charge in [0.25, 0.3) is 0 Å². The van der Waals surface area contributed by atoms with Gasteiger partial charge in [0, 0.05) is 17.1 Å². The van der Waals surface area contributed by atoms with Crippen LogP contribution in [0.4, 0.5) is 0 Å². The third kappa shape index (κ3) is 3.25. The topological polar surface area (TPSA) is 35.8 Å². The molecule has 0 spiro atoms. The number of benzene rings is 1. The van der Waals surface area contributed by atoms with Gasteiger partial charge in [0.1, 0.15) is 0 Å². The Labute approximate surface area is 114 Å². The van der Waals surface area contributed by atoms with Gasteiger partial charge in [-0.05, 0) is 37.5 Å². The fourth-order valence-electron chi connectivity index (χ4n) is 2.65. The average molecular weight is 263 g/mol. The van der Waals surface area contributed by atoms with Crippen LogP contribution in [0.3, 0.4) is 0 Å². The maximum Gasteiger partial charge on any atom is 0.0672 e. The summed E-state index contributed by atoms with van der Waals surface area (Å²) in [5.74, 6) is 0.161. The molecule has 0 amide bonds. The maximum absolute atomic E-state index is 9.17. The first kappa shape index (κ1) is 13.4. The first-order chi connectivity index (χ1) is 8.70. The molecule has 0 saturated heterocycles. The second-order valence-corrected chi connectivity index (χ2v) is 5.50. The molecule has 2 rings (SSSR count). The minimum atomic E-state index is 0.161. The van der Waals surface area contributed by atoms with Crippen LogP contribution in [0.5, 0.6) is 0 Å². The van der Waals surface area contributed by atoms with Crippen LogP contribution in [-0.4, -0.2) is 6.04 Å². The lowest BCUT2D eigenvalue weighted by atomic mass is 9.85. The molecular weight excluding hydrogens is 244 g/mol. The Morgan fingerprint density at radius 1 is 1.28 bits per heavy atom. The van der Waals surface area contributed by atoms with Crippen LogP contribution in [0.15, 0.2) is 24.3 Å². The Kier molecular flexibility index (Phi) is 4.63. The molecule has 0 heterocycles. The monoisotopic (exact) mass is 262 g/mol. The molecule has 1 aliphatic carbocycles. The summed E-state index contributed by atoms with van der Waals surface area (Å²) in [6.07, 6.45) is 4.55. The van der Waals surface area contributed by atoms with Crippen LogP contribution >= 0.6 is 11.6 Å². The summed E-state index contributed by atoms with van der Waals surface area (Å²) >= 11 is 5.89. The molecule has 1 saturated carbocycles. The highest BCUT2D eigenvalue weighted by atomic mass is 35.5. The summed E-state index contributed by atoms with van der Waals surface area (Å²) in [6, 6.07) is 10.9. The van der Waals surface area contributed by atoms with Gasteiger partial charge >= 0.3 is 0 Å². The number of nitriles is 1. The van der Waals surface area contributed by atoms with Crippen LogP contribution in [0.1, 0.15) is 44.2 Å². The third-order valence-electron chi connectivity index (χ3n) is 3.77. The maximum atomic E-state index is 9.17. The highest BCUT2D eigenvalue weighted by Crippen LogP contribution is 2.26.